The first kappa shape index (κ1) is 16.8. The van der Waals surface area contributed by atoms with Gasteiger partial charge in [0, 0.05) is 12.1 Å². The second kappa shape index (κ2) is 7.62. The van der Waals surface area contributed by atoms with Crippen molar-refractivity contribution in [1.82, 2.24) is 10.2 Å². The van der Waals surface area contributed by atoms with Crippen LogP contribution in [-0.2, 0) is 9.59 Å². The van der Waals surface area contributed by atoms with E-state index in [-0.39, 0.29) is 18.4 Å². The standard InChI is InChI=1S/C16H20N2O5/c1-2-23-12-7-5-11(6-8-12)15(20)17-10-14(19)18-9-3-4-13(18)16(21)22/h5-8,13H,2-4,9-10H2,1H3,(H,17,20)(H,21,22)/t13-/m1/s1. The number of carboxylic acids is 1. The molecule has 2 amide bonds. The van der Waals surface area contributed by atoms with Crippen LogP contribution in [0.2, 0.25) is 0 Å². The maximum absolute atomic E-state index is 12.1. The van der Waals surface area contributed by atoms with E-state index in [1.54, 1.807) is 24.3 Å². The average Bonchev–Trinajstić information content (AvgIpc) is 3.03. The quantitative estimate of drug-likeness (QED) is 0.811. The highest BCUT2D eigenvalue weighted by Gasteiger charge is 2.33. The lowest BCUT2D eigenvalue weighted by Gasteiger charge is -2.21. The number of carbonyl (C=O) groups is 3. The van der Waals surface area contributed by atoms with E-state index < -0.39 is 12.0 Å². The molecule has 0 bridgehead atoms. The Labute approximate surface area is 134 Å². The summed E-state index contributed by atoms with van der Waals surface area (Å²) < 4.78 is 5.29. The van der Waals surface area contributed by atoms with E-state index >= 15 is 0 Å². The Bertz CT molecular complexity index is 585. The summed E-state index contributed by atoms with van der Waals surface area (Å²) in [7, 11) is 0. The smallest absolute Gasteiger partial charge is 0.326 e. The maximum Gasteiger partial charge on any atom is 0.326 e. The molecule has 0 saturated carbocycles. The van der Waals surface area contributed by atoms with Crippen LogP contribution in [0.15, 0.2) is 24.3 Å². The molecule has 1 fully saturated rings. The number of likely N-dealkylation sites (tertiary alicyclic amines) is 1. The molecular weight excluding hydrogens is 300 g/mol. The van der Waals surface area contributed by atoms with Gasteiger partial charge in [-0.1, -0.05) is 0 Å². The summed E-state index contributed by atoms with van der Waals surface area (Å²) in [6, 6.07) is 5.80. The maximum atomic E-state index is 12.1. The van der Waals surface area contributed by atoms with Gasteiger partial charge in [-0.2, -0.15) is 0 Å². The van der Waals surface area contributed by atoms with Gasteiger partial charge in [0.05, 0.1) is 13.2 Å². The van der Waals surface area contributed by atoms with E-state index in [0.29, 0.717) is 37.3 Å². The van der Waals surface area contributed by atoms with E-state index in [2.05, 4.69) is 5.32 Å². The van der Waals surface area contributed by atoms with Crippen molar-refractivity contribution < 1.29 is 24.2 Å². The lowest BCUT2D eigenvalue weighted by atomic mass is 10.2. The van der Waals surface area contributed by atoms with Crippen LogP contribution in [-0.4, -0.2) is 53.5 Å². The zero-order valence-electron chi connectivity index (χ0n) is 12.9. The molecule has 1 aromatic rings. The van der Waals surface area contributed by atoms with Gasteiger partial charge < -0.3 is 20.1 Å². The molecule has 1 aliphatic rings. The Kier molecular flexibility index (Phi) is 5.56. The minimum Gasteiger partial charge on any atom is -0.494 e. The second-order valence-electron chi connectivity index (χ2n) is 5.22. The molecule has 7 nitrogen and oxygen atoms in total. The summed E-state index contributed by atoms with van der Waals surface area (Å²) >= 11 is 0. The highest BCUT2D eigenvalue weighted by Crippen LogP contribution is 2.17. The van der Waals surface area contributed by atoms with Crippen LogP contribution in [0, 0.1) is 0 Å². The monoisotopic (exact) mass is 320 g/mol. The molecule has 0 spiro atoms. The summed E-state index contributed by atoms with van der Waals surface area (Å²) in [5, 5.41) is 11.6. The molecule has 2 N–H and O–H groups in total. The van der Waals surface area contributed by atoms with Crippen molar-refractivity contribution in [2.45, 2.75) is 25.8 Å². The normalized spacial score (nSPS) is 16.9. The van der Waals surface area contributed by atoms with E-state index in [0.717, 1.165) is 0 Å². The molecule has 124 valence electrons. The summed E-state index contributed by atoms with van der Waals surface area (Å²) in [6.07, 6.45) is 1.11. The van der Waals surface area contributed by atoms with Crippen molar-refractivity contribution in [2.75, 3.05) is 19.7 Å². The molecule has 7 heteroatoms. The average molecular weight is 320 g/mol. The van der Waals surface area contributed by atoms with Crippen molar-refractivity contribution in [2.24, 2.45) is 0 Å². The van der Waals surface area contributed by atoms with E-state index in [1.807, 2.05) is 6.92 Å². The van der Waals surface area contributed by atoms with Crippen LogP contribution < -0.4 is 10.1 Å². The van der Waals surface area contributed by atoms with Crippen molar-refractivity contribution in [3.05, 3.63) is 29.8 Å². The van der Waals surface area contributed by atoms with Crippen molar-refractivity contribution >= 4 is 17.8 Å². The molecule has 1 saturated heterocycles. The third-order valence-electron chi connectivity index (χ3n) is 3.69. The Morgan fingerprint density at radius 3 is 2.61 bits per heavy atom. The number of hydrogen-bond donors (Lipinski definition) is 2. The lowest BCUT2D eigenvalue weighted by Crippen LogP contribution is -2.45. The number of benzene rings is 1. The van der Waals surface area contributed by atoms with Gasteiger partial charge in [0.2, 0.25) is 5.91 Å². The molecule has 23 heavy (non-hydrogen) atoms. The highest BCUT2D eigenvalue weighted by atomic mass is 16.5. The zero-order chi connectivity index (χ0) is 16.8. The Balaban J connectivity index is 1.88. The third-order valence-corrected chi connectivity index (χ3v) is 3.69. The second-order valence-corrected chi connectivity index (χ2v) is 5.22. The molecule has 0 radical (unpaired) electrons. The van der Waals surface area contributed by atoms with E-state index in [1.165, 1.54) is 4.90 Å². The number of amides is 2. The molecule has 1 aliphatic heterocycles. The van der Waals surface area contributed by atoms with Gasteiger partial charge in [-0.05, 0) is 44.0 Å². The molecule has 0 aliphatic carbocycles. The minimum absolute atomic E-state index is 0.212. The first-order valence-electron chi connectivity index (χ1n) is 7.56. The largest absolute Gasteiger partial charge is 0.494 e. The molecular formula is C16H20N2O5. The van der Waals surface area contributed by atoms with Gasteiger partial charge >= 0.3 is 5.97 Å². The van der Waals surface area contributed by atoms with Crippen LogP contribution in [0.1, 0.15) is 30.1 Å². The summed E-state index contributed by atoms with van der Waals surface area (Å²) in [5.41, 5.74) is 0.414. The number of nitrogens with one attached hydrogen (secondary N) is 1. The number of ether oxygens (including phenoxy) is 1. The first-order valence-corrected chi connectivity index (χ1v) is 7.56. The summed E-state index contributed by atoms with van der Waals surface area (Å²) in [4.78, 5) is 36.4. The van der Waals surface area contributed by atoms with Crippen molar-refractivity contribution in [1.29, 1.82) is 0 Å². The fourth-order valence-electron chi connectivity index (χ4n) is 2.55. The molecule has 2 rings (SSSR count). The van der Waals surface area contributed by atoms with Gasteiger partial charge in [0.25, 0.3) is 5.91 Å². The minimum atomic E-state index is -1.01. The van der Waals surface area contributed by atoms with Crippen LogP contribution in [0.4, 0.5) is 0 Å². The Hall–Kier alpha value is -2.57. The van der Waals surface area contributed by atoms with E-state index in [9.17, 15) is 14.4 Å². The van der Waals surface area contributed by atoms with Crippen LogP contribution >= 0.6 is 0 Å². The summed E-state index contributed by atoms with van der Waals surface area (Å²) in [5.74, 6) is -1.10. The number of hydrogen-bond acceptors (Lipinski definition) is 4. The number of nitrogens with zero attached hydrogens (tertiary/aromatic N) is 1. The van der Waals surface area contributed by atoms with Gasteiger partial charge in [0.1, 0.15) is 11.8 Å². The van der Waals surface area contributed by atoms with Crippen LogP contribution in [0.25, 0.3) is 0 Å². The fraction of sp³-hybridized carbons (Fsp3) is 0.438. The summed E-state index contributed by atoms with van der Waals surface area (Å²) in [6.45, 7) is 2.61. The lowest BCUT2D eigenvalue weighted by molar-refractivity contribution is -0.147. The van der Waals surface area contributed by atoms with Crippen molar-refractivity contribution in [3.8, 4) is 5.75 Å². The van der Waals surface area contributed by atoms with Crippen LogP contribution in [0.5, 0.6) is 5.75 Å². The first-order chi connectivity index (χ1) is 11.0. The van der Waals surface area contributed by atoms with Gasteiger partial charge in [-0.3, -0.25) is 9.59 Å². The van der Waals surface area contributed by atoms with Gasteiger partial charge in [-0.15, -0.1) is 0 Å². The molecule has 1 heterocycles. The Morgan fingerprint density at radius 1 is 1.30 bits per heavy atom. The third kappa shape index (κ3) is 4.21. The number of rotatable bonds is 6. The number of carbonyl (C=O) groups excluding carboxylic acids is 2. The highest BCUT2D eigenvalue weighted by molar-refractivity contribution is 5.97. The molecule has 1 atom stereocenters. The molecule has 0 unspecified atom stereocenters. The Morgan fingerprint density at radius 2 is 2.00 bits per heavy atom. The predicted octanol–water partition coefficient (Wildman–Crippen LogP) is 0.891. The number of carboxylic acid groups (broad SMARTS) is 1. The van der Waals surface area contributed by atoms with Crippen LogP contribution in [0.3, 0.4) is 0 Å². The van der Waals surface area contributed by atoms with Gasteiger partial charge in [-0.25, -0.2) is 4.79 Å². The molecule has 1 aromatic carbocycles. The number of aliphatic carboxylic acids is 1. The van der Waals surface area contributed by atoms with Crippen molar-refractivity contribution in [3.63, 3.8) is 0 Å². The SMILES string of the molecule is CCOc1ccc(C(=O)NCC(=O)N2CCC[C@@H]2C(=O)O)cc1. The fourth-order valence-corrected chi connectivity index (χ4v) is 2.55. The molecule has 0 aromatic heterocycles. The predicted molar refractivity (Wildman–Crippen MR) is 82.3 cm³/mol. The topological polar surface area (TPSA) is 95.9 Å². The van der Waals surface area contributed by atoms with Gasteiger partial charge in [0.15, 0.2) is 0 Å². The zero-order valence-corrected chi connectivity index (χ0v) is 12.9. The van der Waals surface area contributed by atoms with E-state index in [4.69, 9.17) is 9.84 Å².